The molecule has 0 aliphatic carbocycles. The van der Waals surface area contributed by atoms with Gasteiger partial charge in [0.25, 0.3) is 0 Å². The minimum atomic E-state index is -0.0403. The molecule has 1 amide bonds. The zero-order chi connectivity index (χ0) is 11.7. The summed E-state index contributed by atoms with van der Waals surface area (Å²) in [5.74, 6) is 3.44. The van der Waals surface area contributed by atoms with Crippen molar-refractivity contribution >= 4 is 17.4 Å². The van der Waals surface area contributed by atoms with Crippen molar-refractivity contribution in [2.75, 3.05) is 23.3 Å². The number of carbonyl (C=O) groups is 1. The number of rotatable bonds is 2. The molecule has 0 atom stereocenters. The lowest BCUT2D eigenvalue weighted by Crippen LogP contribution is -2.39. The highest BCUT2D eigenvalue weighted by Crippen LogP contribution is 2.32. The molecule has 2 heterocycles. The molecule has 84 valence electrons. The molecule has 0 fully saturated rings. The third-order valence-corrected chi connectivity index (χ3v) is 2.58. The second-order valence-corrected chi connectivity index (χ2v) is 3.71. The van der Waals surface area contributed by atoms with E-state index in [1.165, 1.54) is 0 Å². The van der Waals surface area contributed by atoms with Crippen LogP contribution in [0.3, 0.4) is 0 Å². The van der Waals surface area contributed by atoms with E-state index in [1.807, 2.05) is 23.4 Å². The molecular weight excluding hydrogens is 204 g/mol. The normalized spacial score (nSPS) is 14.3. The van der Waals surface area contributed by atoms with Crippen molar-refractivity contribution in [2.45, 2.75) is 20.4 Å². The highest BCUT2D eigenvalue weighted by molar-refractivity contribution is 6.01. The van der Waals surface area contributed by atoms with Crippen LogP contribution in [0.5, 0.6) is 0 Å². The van der Waals surface area contributed by atoms with Gasteiger partial charge in [-0.25, -0.2) is 4.68 Å². The Labute approximate surface area is 94.4 Å². The van der Waals surface area contributed by atoms with Crippen LogP contribution in [0.2, 0.25) is 0 Å². The fourth-order valence-corrected chi connectivity index (χ4v) is 1.93. The molecule has 5 heteroatoms. The van der Waals surface area contributed by atoms with Gasteiger partial charge in [0.2, 0.25) is 5.91 Å². The molecule has 2 rings (SSSR count). The highest BCUT2D eigenvalue weighted by atomic mass is 16.2. The predicted molar refractivity (Wildman–Crippen MR) is 62.3 cm³/mol. The number of hydrogen-bond donors (Lipinski definition) is 1. The van der Waals surface area contributed by atoms with Gasteiger partial charge in [0.15, 0.2) is 5.82 Å². The van der Waals surface area contributed by atoms with Crippen molar-refractivity contribution in [3.8, 4) is 12.3 Å². The average molecular weight is 218 g/mol. The molecule has 1 aliphatic rings. The number of carbonyl (C=O) groups excluding carboxylic acids is 1. The summed E-state index contributed by atoms with van der Waals surface area (Å²) in [4.78, 5) is 13.4. The molecule has 0 saturated heterocycles. The standard InChI is InChI=1S/C11H14N4O/c1-4-6-14-7-9(16)12-10-8(3)13-15(5-2)11(10)14/h1H,5-7H2,2-3H3,(H,12,16). The fraction of sp³-hybridized carbons (Fsp3) is 0.455. The van der Waals surface area contributed by atoms with Crippen LogP contribution in [0, 0.1) is 19.3 Å². The lowest BCUT2D eigenvalue weighted by Gasteiger charge is -2.27. The summed E-state index contributed by atoms with van der Waals surface area (Å²) in [5.41, 5.74) is 1.61. The second kappa shape index (κ2) is 3.89. The number of nitrogens with one attached hydrogen (secondary N) is 1. The molecule has 0 spiro atoms. The summed E-state index contributed by atoms with van der Waals surface area (Å²) in [6.07, 6.45) is 5.31. The number of hydrogen-bond acceptors (Lipinski definition) is 3. The van der Waals surface area contributed by atoms with Crippen LogP contribution in [0.4, 0.5) is 11.5 Å². The van der Waals surface area contributed by atoms with Gasteiger partial charge >= 0.3 is 0 Å². The summed E-state index contributed by atoms with van der Waals surface area (Å²) in [6, 6.07) is 0. The van der Waals surface area contributed by atoms with E-state index in [0.29, 0.717) is 13.1 Å². The maximum atomic E-state index is 11.5. The minimum Gasteiger partial charge on any atom is -0.335 e. The first-order valence-corrected chi connectivity index (χ1v) is 5.23. The van der Waals surface area contributed by atoms with Gasteiger partial charge in [-0.3, -0.25) is 4.79 Å². The molecule has 1 aliphatic heterocycles. The number of terminal acetylenes is 1. The van der Waals surface area contributed by atoms with Gasteiger partial charge in [-0.05, 0) is 13.8 Å². The Morgan fingerprint density at radius 3 is 3.00 bits per heavy atom. The number of amides is 1. The number of nitrogens with zero attached hydrogens (tertiary/aromatic N) is 3. The summed E-state index contributed by atoms with van der Waals surface area (Å²) in [6.45, 7) is 5.36. The third-order valence-electron chi connectivity index (χ3n) is 2.58. The highest BCUT2D eigenvalue weighted by Gasteiger charge is 2.27. The first kappa shape index (κ1) is 10.6. The monoisotopic (exact) mass is 218 g/mol. The van der Waals surface area contributed by atoms with Gasteiger partial charge in [-0.15, -0.1) is 6.42 Å². The smallest absolute Gasteiger partial charge is 0.244 e. The Hall–Kier alpha value is -1.96. The van der Waals surface area contributed by atoms with Crippen LogP contribution in [0.25, 0.3) is 0 Å². The van der Waals surface area contributed by atoms with Crippen LogP contribution < -0.4 is 10.2 Å². The molecular formula is C11H14N4O. The van der Waals surface area contributed by atoms with Gasteiger partial charge in [0.05, 0.1) is 18.8 Å². The zero-order valence-corrected chi connectivity index (χ0v) is 9.45. The summed E-state index contributed by atoms with van der Waals surface area (Å²) in [7, 11) is 0. The SMILES string of the molecule is C#CCN1CC(=O)Nc2c(C)nn(CC)c21. The molecule has 0 radical (unpaired) electrons. The summed E-state index contributed by atoms with van der Waals surface area (Å²) < 4.78 is 1.86. The number of fused-ring (bicyclic) bond motifs is 1. The van der Waals surface area contributed by atoms with Crippen LogP contribution in [-0.4, -0.2) is 28.8 Å². The van der Waals surface area contributed by atoms with E-state index in [2.05, 4.69) is 16.3 Å². The van der Waals surface area contributed by atoms with Gasteiger partial charge in [-0.2, -0.15) is 5.10 Å². The van der Waals surface area contributed by atoms with Crippen molar-refractivity contribution in [1.82, 2.24) is 9.78 Å². The van der Waals surface area contributed by atoms with Crippen molar-refractivity contribution in [3.05, 3.63) is 5.69 Å². The van der Waals surface area contributed by atoms with Crippen molar-refractivity contribution in [3.63, 3.8) is 0 Å². The molecule has 0 bridgehead atoms. The lowest BCUT2D eigenvalue weighted by atomic mass is 10.2. The second-order valence-electron chi connectivity index (χ2n) is 3.71. The van der Waals surface area contributed by atoms with E-state index in [-0.39, 0.29) is 5.91 Å². The molecule has 1 aromatic rings. The first-order chi connectivity index (χ1) is 7.67. The van der Waals surface area contributed by atoms with Crippen LogP contribution in [-0.2, 0) is 11.3 Å². The Morgan fingerprint density at radius 1 is 1.62 bits per heavy atom. The predicted octanol–water partition coefficient (Wildman–Crippen LogP) is 0.603. The molecule has 0 unspecified atom stereocenters. The Balaban J connectivity index is 2.50. The van der Waals surface area contributed by atoms with Crippen LogP contribution in [0.1, 0.15) is 12.6 Å². The van der Waals surface area contributed by atoms with Gasteiger partial charge in [0.1, 0.15) is 5.69 Å². The average Bonchev–Trinajstić information content (AvgIpc) is 2.56. The van der Waals surface area contributed by atoms with E-state index in [4.69, 9.17) is 6.42 Å². The summed E-state index contributed by atoms with van der Waals surface area (Å²) >= 11 is 0. The Bertz CT molecular complexity index is 469. The van der Waals surface area contributed by atoms with E-state index < -0.39 is 0 Å². The maximum absolute atomic E-state index is 11.5. The van der Waals surface area contributed by atoms with Crippen LogP contribution in [0.15, 0.2) is 0 Å². The van der Waals surface area contributed by atoms with E-state index in [9.17, 15) is 4.79 Å². The minimum absolute atomic E-state index is 0.0403. The van der Waals surface area contributed by atoms with Crippen molar-refractivity contribution < 1.29 is 4.79 Å². The quantitative estimate of drug-likeness (QED) is 0.740. The molecule has 1 aromatic heterocycles. The summed E-state index contributed by atoms with van der Waals surface area (Å²) in [5, 5.41) is 7.21. The topological polar surface area (TPSA) is 50.2 Å². The largest absolute Gasteiger partial charge is 0.335 e. The third kappa shape index (κ3) is 1.52. The van der Waals surface area contributed by atoms with Gasteiger partial charge in [-0.1, -0.05) is 5.92 Å². The number of aryl methyl sites for hydroxylation is 2. The van der Waals surface area contributed by atoms with E-state index in [1.54, 1.807) is 0 Å². The Morgan fingerprint density at radius 2 is 2.38 bits per heavy atom. The molecule has 16 heavy (non-hydrogen) atoms. The fourth-order valence-electron chi connectivity index (χ4n) is 1.93. The Kier molecular flexibility index (Phi) is 2.57. The maximum Gasteiger partial charge on any atom is 0.244 e. The number of anilines is 2. The van der Waals surface area contributed by atoms with Gasteiger partial charge < -0.3 is 10.2 Å². The zero-order valence-electron chi connectivity index (χ0n) is 9.45. The number of aromatic nitrogens is 2. The first-order valence-electron chi connectivity index (χ1n) is 5.23. The molecule has 0 aromatic carbocycles. The molecule has 1 N–H and O–H groups in total. The molecule has 0 saturated carbocycles. The lowest BCUT2D eigenvalue weighted by molar-refractivity contribution is -0.115. The van der Waals surface area contributed by atoms with Crippen molar-refractivity contribution in [2.24, 2.45) is 0 Å². The van der Waals surface area contributed by atoms with Crippen molar-refractivity contribution in [1.29, 1.82) is 0 Å². The van der Waals surface area contributed by atoms with Crippen LogP contribution >= 0.6 is 0 Å². The van der Waals surface area contributed by atoms with E-state index >= 15 is 0 Å². The molecule has 5 nitrogen and oxygen atoms in total. The van der Waals surface area contributed by atoms with E-state index in [0.717, 1.165) is 23.7 Å². The van der Waals surface area contributed by atoms with Gasteiger partial charge in [0, 0.05) is 6.54 Å².